The standard InChI is InChI=1S/C24H33NO5/c1-5-6-7-8-17-14-20(30-12-11-25-29)22(23(26)21(17)24(27)28)19-13-16(4)9-10-18(19)15(2)3/h13-14,18-19,26H,2,5-12H2,1,3-4H3,(H,27,28). The molecule has 2 atom stereocenters. The van der Waals surface area contributed by atoms with Crippen molar-refractivity contribution < 1.29 is 19.7 Å². The molecule has 1 aliphatic carbocycles. The normalized spacial score (nSPS) is 18.6. The molecule has 0 fully saturated rings. The van der Waals surface area contributed by atoms with Crippen LogP contribution in [0.4, 0.5) is 0 Å². The Hall–Kier alpha value is -2.63. The van der Waals surface area contributed by atoms with E-state index in [1.165, 1.54) is 5.57 Å². The van der Waals surface area contributed by atoms with Crippen molar-refractivity contribution in [2.24, 2.45) is 11.1 Å². The molecule has 2 N–H and O–H groups in total. The molecule has 6 heteroatoms. The van der Waals surface area contributed by atoms with Gasteiger partial charge in [0, 0.05) is 11.5 Å². The van der Waals surface area contributed by atoms with E-state index >= 15 is 0 Å². The Morgan fingerprint density at radius 3 is 2.70 bits per heavy atom. The van der Waals surface area contributed by atoms with Gasteiger partial charge in [-0.05, 0) is 57.1 Å². The molecule has 1 aromatic carbocycles. The molecule has 1 aliphatic rings. The Morgan fingerprint density at radius 1 is 1.37 bits per heavy atom. The van der Waals surface area contributed by atoms with Gasteiger partial charge in [0.15, 0.2) is 0 Å². The van der Waals surface area contributed by atoms with Crippen molar-refractivity contribution in [1.82, 2.24) is 0 Å². The minimum absolute atomic E-state index is 0.0184. The number of unbranched alkanes of at least 4 members (excludes halogenated alkanes) is 2. The zero-order valence-electron chi connectivity index (χ0n) is 18.2. The van der Waals surface area contributed by atoms with Gasteiger partial charge in [0.2, 0.25) is 0 Å². The monoisotopic (exact) mass is 415 g/mol. The summed E-state index contributed by atoms with van der Waals surface area (Å²) in [6.07, 6.45) is 7.21. The Labute approximate surface area is 178 Å². The molecule has 164 valence electrons. The minimum atomic E-state index is -1.15. The van der Waals surface area contributed by atoms with Gasteiger partial charge in [-0.15, -0.1) is 0 Å². The Kier molecular flexibility index (Phi) is 8.63. The largest absolute Gasteiger partial charge is 0.507 e. The van der Waals surface area contributed by atoms with E-state index in [4.69, 9.17) is 4.74 Å². The third kappa shape index (κ3) is 5.49. The van der Waals surface area contributed by atoms with Crippen LogP contribution in [0.2, 0.25) is 0 Å². The summed E-state index contributed by atoms with van der Waals surface area (Å²) < 4.78 is 5.85. The fourth-order valence-corrected chi connectivity index (χ4v) is 4.25. The summed E-state index contributed by atoms with van der Waals surface area (Å²) in [5.74, 6) is -1.13. The van der Waals surface area contributed by atoms with E-state index in [1.54, 1.807) is 6.07 Å². The summed E-state index contributed by atoms with van der Waals surface area (Å²) >= 11 is 0. The first-order valence-corrected chi connectivity index (χ1v) is 10.7. The quantitative estimate of drug-likeness (QED) is 0.263. The third-order valence-corrected chi connectivity index (χ3v) is 5.80. The van der Waals surface area contributed by atoms with Gasteiger partial charge in [-0.1, -0.05) is 48.7 Å². The van der Waals surface area contributed by atoms with Crippen LogP contribution in [0.25, 0.3) is 0 Å². The second-order valence-corrected chi connectivity index (χ2v) is 8.16. The number of carboxylic acid groups (broad SMARTS) is 1. The Bertz CT molecular complexity index is 827. The maximum absolute atomic E-state index is 12.1. The fourth-order valence-electron chi connectivity index (χ4n) is 4.25. The summed E-state index contributed by atoms with van der Waals surface area (Å²) in [7, 11) is 0. The Morgan fingerprint density at radius 2 is 2.10 bits per heavy atom. The van der Waals surface area contributed by atoms with E-state index in [9.17, 15) is 19.9 Å². The maximum atomic E-state index is 12.1. The van der Waals surface area contributed by atoms with Crippen LogP contribution in [-0.2, 0) is 6.42 Å². The lowest BCUT2D eigenvalue weighted by molar-refractivity contribution is 0.0692. The lowest BCUT2D eigenvalue weighted by atomic mass is 9.73. The summed E-state index contributed by atoms with van der Waals surface area (Å²) in [6.45, 7) is 10.2. The molecule has 0 saturated heterocycles. The first-order valence-electron chi connectivity index (χ1n) is 10.7. The van der Waals surface area contributed by atoms with Crippen LogP contribution >= 0.6 is 0 Å². The van der Waals surface area contributed by atoms with Crippen molar-refractivity contribution in [3.05, 3.63) is 51.5 Å². The van der Waals surface area contributed by atoms with E-state index < -0.39 is 5.97 Å². The number of aromatic hydroxyl groups is 1. The number of carboxylic acids is 1. The highest BCUT2D eigenvalue weighted by Gasteiger charge is 2.33. The smallest absolute Gasteiger partial charge is 0.339 e. The minimum Gasteiger partial charge on any atom is -0.507 e. The summed E-state index contributed by atoms with van der Waals surface area (Å²) in [5, 5.41) is 23.9. The molecule has 0 aliphatic heterocycles. The molecule has 0 amide bonds. The molecule has 0 saturated carbocycles. The van der Waals surface area contributed by atoms with Gasteiger partial charge in [-0.2, -0.15) is 4.91 Å². The number of allylic oxidation sites excluding steroid dienone is 3. The van der Waals surface area contributed by atoms with Gasteiger partial charge in [0.05, 0.1) is 0 Å². The molecule has 0 heterocycles. The van der Waals surface area contributed by atoms with Crippen LogP contribution in [0.1, 0.15) is 80.3 Å². The molecule has 0 radical (unpaired) electrons. The average Bonchev–Trinajstić information content (AvgIpc) is 2.67. The molecule has 1 aromatic rings. The van der Waals surface area contributed by atoms with Crippen molar-refractivity contribution in [3.63, 3.8) is 0 Å². The van der Waals surface area contributed by atoms with Gasteiger partial charge >= 0.3 is 5.97 Å². The number of hydrogen-bond donors (Lipinski definition) is 2. The van der Waals surface area contributed by atoms with Gasteiger partial charge in [-0.3, -0.25) is 0 Å². The second-order valence-electron chi connectivity index (χ2n) is 8.16. The zero-order chi connectivity index (χ0) is 22.3. The van der Waals surface area contributed by atoms with Crippen molar-refractivity contribution in [3.8, 4) is 11.5 Å². The van der Waals surface area contributed by atoms with Gasteiger partial charge in [0.1, 0.15) is 30.2 Å². The second kappa shape index (κ2) is 11.0. The molecule has 2 unspecified atom stereocenters. The maximum Gasteiger partial charge on any atom is 0.339 e. The van der Waals surface area contributed by atoms with Crippen LogP contribution in [0.15, 0.2) is 35.0 Å². The summed E-state index contributed by atoms with van der Waals surface area (Å²) in [6, 6.07) is 1.73. The van der Waals surface area contributed by atoms with E-state index in [-0.39, 0.29) is 36.3 Å². The van der Waals surface area contributed by atoms with E-state index in [2.05, 4.69) is 24.8 Å². The van der Waals surface area contributed by atoms with Crippen LogP contribution < -0.4 is 4.74 Å². The van der Waals surface area contributed by atoms with Crippen molar-refractivity contribution in [2.45, 2.75) is 65.2 Å². The number of aromatic carboxylic acids is 1. The first kappa shape index (κ1) is 23.6. The average molecular weight is 416 g/mol. The highest BCUT2D eigenvalue weighted by Crippen LogP contribution is 2.48. The SMILES string of the molecule is C=C(C)C1CCC(C)=CC1c1c(OCCN=O)cc(CCCCC)c(C(=O)O)c1O. The van der Waals surface area contributed by atoms with Crippen molar-refractivity contribution >= 4 is 5.97 Å². The molecular formula is C24H33NO5. The summed E-state index contributed by atoms with van der Waals surface area (Å²) in [4.78, 5) is 22.6. The van der Waals surface area contributed by atoms with Crippen LogP contribution in [0.5, 0.6) is 11.5 Å². The van der Waals surface area contributed by atoms with Crippen LogP contribution in [-0.4, -0.2) is 29.3 Å². The highest BCUT2D eigenvalue weighted by atomic mass is 16.5. The predicted octanol–water partition coefficient (Wildman–Crippen LogP) is 5.98. The van der Waals surface area contributed by atoms with Gasteiger partial charge in [0.25, 0.3) is 0 Å². The van der Waals surface area contributed by atoms with E-state index in [1.807, 2.05) is 13.8 Å². The van der Waals surface area contributed by atoms with E-state index in [0.717, 1.165) is 37.7 Å². The number of nitroso groups, excluding NO2 is 1. The lowest BCUT2D eigenvalue weighted by Gasteiger charge is -2.32. The molecular weight excluding hydrogens is 382 g/mol. The summed E-state index contributed by atoms with van der Waals surface area (Å²) in [5.41, 5.74) is 3.12. The number of hydrogen-bond acceptors (Lipinski definition) is 5. The van der Waals surface area contributed by atoms with Crippen molar-refractivity contribution in [2.75, 3.05) is 13.2 Å². The number of benzene rings is 1. The number of ether oxygens (including phenoxy) is 1. The van der Waals surface area contributed by atoms with Gasteiger partial charge in [-0.25, -0.2) is 4.79 Å². The molecule has 0 aromatic heterocycles. The van der Waals surface area contributed by atoms with Crippen LogP contribution in [0, 0.1) is 10.8 Å². The molecule has 30 heavy (non-hydrogen) atoms. The number of phenols is 1. The molecule has 2 rings (SSSR count). The number of nitrogens with zero attached hydrogens (tertiary/aromatic N) is 1. The predicted molar refractivity (Wildman–Crippen MR) is 118 cm³/mol. The Balaban J connectivity index is 2.66. The fraction of sp³-hybridized carbons (Fsp3) is 0.542. The number of rotatable bonds is 11. The van der Waals surface area contributed by atoms with Crippen molar-refractivity contribution in [1.29, 1.82) is 0 Å². The molecule has 0 spiro atoms. The lowest BCUT2D eigenvalue weighted by Crippen LogP contribution is -2.19. The zero-order valence-corrected chi connectivity index (χ0v) is 18.2. The first-order chi connectivity index (χ1) is 14.3. The van der Waals surface area contributed by atoms with Gasteiger partial charge < -0.3 is 14.9 Å². The topological polar surface area (TPSA) is 96.2 Å². The number of aryl methyl sites for hydroxylation is 1. The highest BCUT2D eigenvalue weighted by molar-refractivity contribution is 5.94. The molecule has 0 bridgehead atoms. The number of carbonyl (C=O) groups is 1. The third-order valence-electron chi connectivity index (χ3n) is 5.80. The van der Waals surface area contributed by atoms with Crippen LogP contribution in [0.3, 0.4) is 0 Å². The molecule has 6 nitrogen and oxygen atoms in total. The van der Waals surface area contributed by atoms with E-state index in [0.29, 0.717) is 23.3 Å².